The van der Waals surface area contributed by atoms with E-state index in [0.717, 1.165) is 11.3 Å². The van der Waals surface area contributed by atoms with Crippen LogP contribution in [0.15, 0.2) is 24.3 Å². The van der Waals surface area contributed by atoms with Gasteiger partial charge in [0.25, 0.3) is 5.91 Å². The highest BCUT2D eigenvalue weighted by Crippen LogP contribution is 2.29. The molecule has 0 aliphatic carbocycles. The van der Waals surface area contributed by atoms with Crippen molar-refractivity contribution in [2.45, 2.75) is 16.9 Å². The molecule has 1 aromatic rings. The Balaban J connectivity index is 2.67. The number of aryl methyl sites for hydroxylation is 1. The van der Waals surface area contributed by atoms with Crippen LogP contribution in [0.2, 0.25) is 0 Å². The molecule has 1 aromatic carbocycles. The third kappa shape index (κ3) is 6.65. The third-order valence-electron chi connectivity index (χ3n) is 2.34. The number of halogens is 4. The summed E-state index contributed by atoms with van der Waals surface area (Å²) in [5.74, 6) is -0.919. The summed E-state index contributed by atoms with van der Waals surface area (Å²) in [4.78, 5) is 11.1. The summed E-state index contributed by atoms with van der Waals surface area (Å²) in [6.07, 6.45) is -1.17. The van der Waals surface area contributed by atoms with Crippen LogP contribution >= 0.6 is 47.0 Å². The standard InChI is InChI=1S/C12H13Cl3FN3OS/c1-7-2-4-8(5-3-7)17-11(21)19-10(12(13,14)15)18-9(20)6-16/h2-5,10H,6H2,1H3,(H,18,20)(H2,17,19,21). The smallest absolute Gasteiger partial charge is 0.253 e. The van der Waals surface area contributed by atoms with E-state index in [1.54, 1.807) is 0 Å². The van der Waals surface area contributed by atoms with Gasteiger partial charge in [-0.05, 0) is 31.3 Å². The van der Waals surface area contributed by atoms with E-state index in [9.17, 15) is 9.18 Å². The summed E-state index contributed by atoms with van der Waals surface area (Å²) in [7, 11) is 0. The molecule has 0 saturated carbocycles. The van der Waals surface area contributed by atoms with Crippen molar-refractivity contribution in [1.29, 1.82) is 0 Å². The maximum absolute atomic E-state index is 12.2. The first-order chi connectivity index (χ1) is 9.72. The zero-order chi connectivity index (χ0) is 16.0. The van der Waals surface area contributed by atoms with Crippen molar-refractivity contribution in [2.75, 3.05) is 12.0 Å². The van der Waals surface area contributed by atoms with Gasteiger partial charge in [-0.2, -0.15) is 0 Å². The fourth-order valence-electron chi connectivity index (χ4n) is 1.33. The first-order valence-electron chi connectivity index (χ1n) is 5.78. The number of rotatable bonds is 4. The molecule has 21 heavy (non-hydrogen) atoms. The molecule has 0 heterocycles. The molecule has 1 amide bonds. The van der Waals surface area contributed by atoms with Gasteiger partial charge in [0.15, 0.2) is 11.8 Å². The van der Waals surface area contributed by atoms with E-state index in [-0.39, 0.29) is 5.11 Å². The Bertz CT molecular complexity index is 507. The average molecular weight is 373 g/mol. The number of thiocarbonyl (C=S) groups is 1. The molecule has 0 aliphatic heterocycles. The van der Waals surface area contributed by atoms with Gasteiger partial charge in [-0.25, -0.2) is 4.39 Å². The van der Waals surface area contributed by atoms with Gasteiger partial charge < -0.3 is 16.0 Å². The minimum atomic E-state index is -1.90. The van der Waals surface area contributed by atoms with Crippen molar-refractivity contribution in [3.63, 3.8) is 0 Å². The van der Waals surface area contributed by atoms with E-state index in [4.69, 9.17) is 47.0 Å². The fraction of sp³-hybridized carbons (Fsp3) is 0.333. The molecule has 4 nitrogen and oxygen atoms in total. The molecule has 9 heteroatoms. The van der Waals surface area contributed by atoms with Crippen molar-refractivity contribution >= 4 is 63.7 Å². The van der Waals surface area contributed by atoms with Crippen LogP contribution in [0.4, 0.5) is 10.1 Å². The highest BCUT2D eigenvalue weighted by molar-refractivity contribution is 7.80. The fourth-order valence-corrected chi connectivity index (χ4v) is 1.90. The minimum absolute atomic E-state index is 0.120. The van der Waals surface area contributed by atoms with E-state index < -0.39 is 22.5 Å². The van der Waals surface area contributed by atoms with Gasteiger partial charge in [0.2, 0.25) is 3.79 Å². The van der Waals surface area contributed by atoms with Gasteiger partial charge in [-0.15, -0.1) is 0 Å². The van der Waals surface area contributed by atoms with Crippen LogP contribution in [0.25, 0.3) is 0 Å². The zero-order valence-electron chi connectivity index (χ0n) is 10.9. The van der Waals surface area contributed by atoms with Gasteiger partial charge in [0, 0.05) is 5.69 Å². The lowest BCUT2D eigenvalue weighted by atomic mass is 10.2. The normalized spacial score (nSPS) is 12.4. The number of amides is 1. The Labute approximate surface area is 142 Å². The number of nitrogens with one attached hydrogen (secondary N) is 3. The zero-order valence-corrected chi connectivity index (χ0v) is 14.0. The van der Waals surface area contributed by atoms with Crippen LogP contribution in [0, 0.1) is 6.92 Å². The van der Waals surface area contributed by atoms with Crippen LogP contribution < -0.4 is 16.0 Å². The van der Waals surface area contributed by atoms with Gasteiger partial charge in [-0.1, -0.05) is 52.5 Å². The third-order valence-corrected chi connectivity index (χ3v) is 3.21. The highest BCUT2D eigenvalue weighted by Gasteiger charge is 2.34. The quantitative estimate of drug-likeness (QED) is 0.432. The molecule has 0 aromatic heterocycles. The second kappa shape index (κ2) is 7.98. The van der Waals surface area contributed by atoms with Crippen LogP contribution in [-0.2, 0) is 4.79 Å². The number of benzene rings is 1. The second-order valence-electron chi connectivity index (χ2n) is 4.14. The van der Waals surface area contributed by atoms with Crippen LogP contribution in [0.5, 0.6) is 0 Å². The number of hydrogen-bond donors (Lipinski definition) is 3. The van der Waals surface area contributed by atoms with E-state index >= 15 is 0 Å². The summed E-state index contributed by atoms with van der Waals surface area (Å²) in [5, 5.41) is 7.78. The summed E-state index contributed by atoms with van der Waals surface area (Å²) in [6.45, 7) is 0.725. The second-order valence-corrected chi connectivity index (χ2v) is 6.92. The van der Waals surface area contributed by atoms with Crippen molar-refractivity contribution in [3.8, 4) is 0 Å². The Hall–Kier alpha value is -0.820. The lowest BCUT2D eigenvalue weighted by molar-refractivity contribution is -0.122. The lowest BCUT2D eigenvalue weighted by Crippen LogP contribution is -2.56. The summed E-state index contributed by atoms with van der Waals surface area (Å²) >= 11 is 22.2. The van der Waals surface area contributed by atoms with Gasteiger partial charge in [0.05, 0.1) is 0 Å². The summed E-state index contributed by atoms with van der Waals surface area (Å²) in [6, 6.07) is 7.41. The topological polar surface area (TPSA) is 53.2 Å². The van der Waals surface area contributed by atoms with Crippen molar-refractivity contribution in [2.24, 2.45) is 0 Å². The van der Waals surface area contributed by atoms with Crippen molar-refractivity contribution in [3.05, 3.63) is 29.8 Å². The van der Waals surface area contributed by atoms with Crippen LogP contribution in [0.3, 0.4) is 0 Å². The molecule has 1 rings (SSSR count). The Morgan fingerprint density at radius 1 is 1.29 bits per heavy atom. The maximum atomic E-state index is 12.2. The SMILES string of the molecule is Cc1ccc(NC(=S)NC(NC(=O)CF)C(Cl)(Cl)Cl)cc1. The Kier molecular flexibility index (Phi) is 6.93. The number of hydrogen-bond acceptors (Lipinski definition) is 2. The number of carbonyl (C=O) groups excluding carboxylic acids is 1. The van der Waals surface area contributed by atoms with Crippen molar-refractivity contribution in [1.82, 2.24) is 10.6 Å². The molecular weight excluding hydrogens is 360 g/mol. The lowest BCUT2D eigenvalue weighted by Gasteiger charge is -2.27. The minimum Gasteiger partial charge on any atom is -0.339 e. The predicted molar refractivity (Wildman–Crippen MR) is 88.7 cm³/mol. The largest absolute Gasteiger partial charge is 0.339 e. The predicted octanol–water partition coefficient (Wildman–Crippen LogP) is 3.06. The summed E-state index contributed by atoms with van der Waals surface area (Å²) in [5.41, 5.74) is 1.81. The van der Waals surface area contributed by atoms with Crippen LogP contribution in [0.1, 0.15) is 5.56 Å². The highest BCUT2D eigenvalue weighted by atomic mass is 35.6. The molecule has 116 valence electrons. The summed E-state index contributed by atoms with van der Waals surface area (Å²) < 4.78 is 10.3. The monoisotopic (exact) mass is 371 g/mol. The van der Waals surface area contributed by atoms with Crippen LogP contribution in [-0.4, -0.2) is 27.7 Å². The molecule has 0 saturated heterocycles. The molecular formula is C12H13Cl3FN3OS. The molecule has 0 bridgehead atoms. The van der Waals surface area contributed by atoms with Crippen molar-refractivity contribution < 1.29 is 9.18 Å². The van der Waals surface area contributed by atoms with Gasteiger partial charge >= 0.3 is 0 Å². The van der Waals surface area contributed by atoms with E-state index in [0.29, 0.717) is 0 Å². The van der Waals surface area contributed by atoms with E-state index in [2.05, 4.69) is 16.0 Å². The molecule has 1 atom stereocenters. The van der Waals surface area contributed by atoms with E-state index in [1.165, 1.54) is 0 Å². The number of anilines is 1. The Morgan fingerprint density at radius 3 is 2.33 bits per heavy atom. The first-order valence-corrected chi connectivity index (χ1v) is 7.33. The van der Waals surface area contributed by atoms with Gasteiger partial charge in [0.1, 0.15) is 6.17 Å². The average Bonchev–Trinajstić information content (AvgIpc) is 2.39. The molecule has 1 unspecified atom stereocenters. The molecule has 0 spiro atoms. The number of alkyl halides is 4. The molecule has 0 fully saturated rings. The molecule has 0 radical (unpaired) electrons. The Morgan fingerprint density at radius 2 is 1.86 bits per heavy atom. The maximum Gasteiger partial charge on any atom is 0.253 e. The number of carbonyl (C=O) groups is 1. The van der Waals surface area contributed by atoms with Gasteiger partial charge in [-0.3, -0.25) is 4.79 Å². The molecule has 3 N–H and O–H groups in total. The van der Waals surface area contributed by atoms with E-state index in [1.807, 2.05) is 31.2 Å². The molecule has 0 aliphatic rings. The first kappa shape index (κ1) is 18.2.